The van der Waals surface area contributed by atoms with Crippen LogP contribution < -0.4 is 58.2 Å². The quantitative estimate of drug-likeness (QED) is 0.453. The summed E-state index contributed by atoms with van der Waals surface area (Å²) in [4.78, 5) is 0. The molecule has 0 amide bonds. The molecule has 0 radical (unpaired) electrons. The number of hydrogen-bond donors (Lipinski definition) is 0. The Hall–Kier alpha value is -0.242. The van der Waals surface area contributed by atoms with E-state index in [4.69, 9.17) is 31.6 Å². The van der Waals surface area contributed by atoms with Gasteiger partial charge in [-0.25, -0.2) is 31.6 Å². The van der Waals surface area contributed by atoms with E-state index in [1.54, 1.807) is 0 Å². The number of hydrogen-bond acceptors (Lipinski definition) is 6. The maximum atomic E-state index is 6.50. The molecule has 0 heterocycles. The number of rotatable bonds is 0. The van der Waals surface area contributed by atoms with Gasteiger partial charge >= 0.3 is 58.2 Å². The van der Waals surface area contributed by atoms with Crippen LogP contribution in [0.5, 0.6) is 0 Å². The van der Waals surface area contributed by atoms with Crippen LogP contribution in [0.3, 0.4) is 0 Å². The molecule has 0 aliphatic carbocycles. The van der Waals surface area contributed by atoms with E-state index in [1.165, 1.54) is 0 Å². The van der Waals surface area contributed by atoms with Crippen LogP contribution in [0.15, 0.2) is 0 Å². The predicted octanol–water partition coefficient (Wildman–Crippen LogP) is -2.05. The van der Waals surface area contributed by atoms with E-state index in [1.807, 2.05) is 0 Å². The molecule has 15 heavy (non-hydrogen) atoms. The molecule has 0 saturated carbocycles. The first-order valence-electron chi connectivity index (χ1n) is 1.55. The SMILES string of the molecule is C#N.C#N.C#N.C#N.C#N.C#N.[Fe].[H-].[Ni].[Rb+]. The van der Waals surface area contributed by atoms with E-state index in [0.29, 0.717) is 0 Å². The third-order valence-electron chi connectivity index (χ3n) is 0. The summed E-state index contributed by atoms with van der Waals surface area (Å²) >= 11 is 0. The molecule has 6 nitrogen and oxygen atoms in total. The van der Waals surface area contributed by atoms with Crippen molar-refractivity contribution < 1.29 is 93.2 Å². The van der Waals surface area contributed by atoms with Crippen LogP contribution in [0.2, 0.25) is 0 Å². The first-order valence-corrected chi connectivity index (χ1v) is 1.55. The number of nitriles is 6. The summed E-state index contributed by atoms with van der Waals surface area (Å²) in [7, 11) is 0. The van der Waals surface area contributed by atoms with Crippen LogP contribution in [0.1, 0.15) is 1.43 Å². The Morgan fingerprint density at radius 2 is 0.467 bits per heavy atom. The topological polar surface area (TPSA) is 143 Å². The van der Waals surface area contributed by atoms with E-state index >= 15 is 0 Å². The maximum absolute atomic E-state index is 6.50. The van der Waals surface area contributed by atoms with E-state index in [9.17, 15) is 0 Å². The largest absolute Gasteiger partial charge is 1.00 e. The molecule has 0 aliphatic heterocycles. The van der Waals surface area contributed by atoms with Crippen molar-refractivity contribution in [2.45, 2.75) is 0 Å². The van der Waals surface area contributed by atoms with Crippen molar-refractivity contribution in [3.63, 3.8) is 0 Å². The van der Waals surface area contributed by atoms with Crippen LogP contribution in [0.4, 0.5) is 0 Å². The second-order valence-corrected chi connectivity index (χ2v) is 0. The Kier molecular flexibility index (Phi) is 215000. The van der Waals surface area contributed by atoms with Crippen molar-refractivity contribution in [1.82, 2.24) is 0 Å². The summed E-state index contributed by atoms with van der Waals surface area (Å²) in [6.07, 6.45) is 0. The molecule has 0 bridgehead atoms. The van der Waals surface area contributed by atoms with Gasteiger partial charge in [0.25, 0.3) is 0 Å². The molecular weight excluding hydrogens is 356 g/mol. The van der Waals surface area contributed by atoms with Gasteiger partial charge in [-0.15, -0.1) is 0 Å². The average Bonchev–Trinajstić information content (AvgIpc) is 2.33. The molecule has 0 aromatic carbocycles. The standard InChI is InChI=1S/6CHN.Fe.Ni.Rb.H/c6*1-2;;;;/h6*1H;;;;/q;;;;;;;;+1;-1. The molecule has 0 N–H and O–H groups in total. The Morgan fingerprint density at radius 3 is 0.467 bits per heavy atom. The summed E-state index contributed by atoms with van der Waals surface area (Å²) in [5, 5.41) is 39.0. The predicted molar refractivity (Wildman–Crippen MR) is 41.1 cm³/mol. The summed E-state index contributed by atoms with van der Waals surface area (Å²) in [5.41, 5.74) is 0. The van der Waals surface area contributed by atoms with Gasteiger partial charge < -0.3 is 1.43 Å². The van der Waals surface area contributed by atoms with Crippen LogP contribution in [0, 0.1) is 71.0 Å². The first-order chi connectivity index (χ1) is 6.00. The minimum Gasteiger partial charge on any atom is -1.00 e. The van der Waals surface area contributed by atoms with Crippen LogP contribution >= 0.6 is 0 Å². The Balaban J connectivity index is -0.00000000321. The van der Waals surface area contributed by atoms with Gasteiger partial charge in [-0.3, -0.25) is 0 Å². The second-order valence-electron chi connectivity index (χ2n) is 0. The Morgan fingerprint density at radius 1 is 0.467 bits per heavy atom. The molecule has 80 valence electrons. The van der Waals surface area contributed by atoms with Gasteiger partial charge in [0.1, 0.15) is 0 Å². The molecular formula is C6H7FeN6NiRb. The summed E-state index contributed by atoms with van der Waals surface area (Å²) < 4.78 is 0. The molecule has 0 atom stereocenters. The normalized spacial score (nSPS) is 0.800. The van der Waals surface area contributed by atoms with Gasteiger partial charge in [-0.1, -0.05) is 0 Å². The molecule has 9 heteroatoms. The van der Waals surface area contributed by atoms with Crippen LogP contribution in [-0.2, 0) is 33.6 Å². The fraction of sp³-hybridized carbons (Fsp3) is 0. The molecule has 0 spiro atoms. The van der Waals surface area contributed by atoms with Crippen molar-refractivity contribution >= 4 is 0 Å². The minimum absolute atomic E-state index is 0. The molecule has 0 unspecified atom stereocenters. The maximum Gasteiger partial charge on any atom is 1.00 e. The Bertz CT molecular complexity index is 108. The zero-order chi connectivity index (χ0) is 12.0. The van der Waals surface area contributed by atoms with Gasteiger partial charge in [0.2, 0.25) is 0 Å². The van der Waals surface area contributed by atoms with Crippen molar-refractivity contribution in [2.75, 3.05) is 0 Å². The van der Waals surface area contributed by atoms with Crippen molar-refractivity contribution in [3.8, 4) is 39.4 Å². The smallest absolute Gasteiger partial charge is 1.00 e. The zero-order valence-electron chi connectivity index (χ0n) is 8.82. The molecule has 0 aromatic heterocycles. The average molecular weight is 363 g/mol. The first kappa shape index (κ1) is 84.3. The third-order valence-corrected chi connectivity index (χ3v) is 0. The van der Waals surface area contributed by atoms with E-state index < -0.39 is 0 Å². The van der Waals surface area contributed by atoms with E-state index in [2.05, 4.69) is 39.4 Å². The van der Waals surface area contributed by atoms with E-state index in [0.717, 1.165) is 0 Å². The monoisotopic (exact) mass is 362 g/mol. The van der Waals surface area contributed by atoms with Gasteiger partial charge in [0, 0.05) is 73.0 Å². The van der Waals surface area contributed by atoms with Crippen molar-refractivity contribution in [1.29, 1.82) is 31.6 Å². The van der Waals surface area contributed by atoms with Gasteiger partial charge in [0.15, 0.2) is 0 Å². The zero-order valence-corrected chi connectivity index (χ0v) is 14.8. The summed E-state index contributed by atoms with van der Waals surface area (Å²) in [6.45, 7) is 21.0. The molecule has 0 aliphatic rings. The van der Waals surface area contributed by atoms with Gasteiger partial charge in [-0.05, 0) is 0 Å². The fourth-order valence-corrected chi connectivity index (χ4v) is 0. The third kappa shape index (κ3) is 32500. The van der Waals surface area contributed by atoms with Crippen molar-refractivity contribution in [2.24, 2.45) is 0 Å². The van der Waals surface area contributed by atoms with Crippen LogP contribution in [0.25, 0.3) is 0 Å². The summed E-state index contributed by atoms with van der Waals surface area (Å²) in [6, 6.07) is 0. The summed E-state index contributed by atoms with van der Waals surface area (Å²) in [5.74, 6) is 0. The molecule has 0 fully saturated rings. The second kappa shape index (κ2) is 38300. The number of nitrogens with zero attached hydrogens (tertiary/aromatic N) is 6. The van der Waals surface area contributed by atoms with Crippen molar-refractivity contribution in [3.05, 3.63) is 0 Å². The molecule has 0 rings (SSSR count). The Labute approximate surface area is 161 Å². The fourth-order valence-electron chi connectivity index (χ4n) is 0. The molecule has 0 saturated heterocycles. The van der Waals surface area contributed by atoms with Crippen LogP contribution in [-0.4, -0.2) is 0 Å². The molecule has 0 aromatic rings. The van der Waals surface area contributed by atoms with Gasteiger partial charge in [0.05, 0.1) is 0 Å². The minimum atomic E-state index is 0. The van der Waals surface area contributed by atoms with E-state index in [-0.39, 0.29) is 93.2 Å². The van der Waals surface area contributed by atoms with Gasteiger partial charge in [-0.2, -0.15) is 0 Å².